The van der Waals surface area contributed by atoms with Gasteiger partial charge in [-0.2, -0.15) is 0 Å². The summed E-state index contributed by atoms with van der Waals surface area (Å²) in [5.74, 6) is 0.793. The maximum Gasteiger partial charge on any atom is 0.0701 e. The molecule has 1 aromatic carbocycles. The van der Waals surface area contributed by atoms with Crippen molar-refractivity contribution in [1.82, 2.24) is 4.98 Å². The Bertz CT molecular complexity index is 450. The Balaban J connectivity index is 0.000000210. The normalized spacial score (nSPS) is 12.1. The molecule has 1 atom stereocenters. The van der Waals surface area contributed by atoms with Crippen LogP contribution in [0.5, 0.6) is 0 Å². The monoisotopic (exact) mass is 283 g/mol. The van der Waals surface area contributed by atoms with Crippen LogP contribution in [0.15, 0.2) is 54.7 Å². The molecule has 0 amide bonds. The van der Waals surface area contributed by atoms with Gasteiger partial charge in [0.05, 0.1) is 5.52 Å². The molecular formula is C20H29N. The molecule has 0 spiro atoms. The Morgan fingerprint density at radius 1 is 1.05 bits per heavy atom. The van der Waals surface area contributed by atoms with Crippen LogP contribution in [0.25, 0.3) is 10.9 Å². The molecule has 0 bridgehead atoms. The quantitative estimate of drug-likeness (QED) is 0.559. The van der Waals surface area contributed by atoms with E-state index in [2.05, 4.69) is 50.0 Å². The summed E-state index contributed by atoms with van der Waals surface area (Å²) in [5, 5.41) is 1.20. The topological polar surface area (TPSA) is 12.9 Å². The van der Waals surface area contributed by atoms with Gasteiger partial charge in [-0.3, -0.25) is 4.98 Å². The van der Waals surface area contributed by atoms with Crippen LogP contribution in [0.1, 0.15) is 52.9 Å². The van der Waals surface area contributed by atoms with Gasteiger partial charge in [-0.25, -0.2) is 0 Å². The molecule has 1 unspecified atom stereocenters. The fourth-order valence-corrected chi connectivity index (χ4v) is 2.13. The van der Waals surface area contributed by atoms with E-state index in [0.717, 1.165) is 11.4 Å². The Morgan fingerprint density at radius 3 is 2.52 bits per heavy atom. The second-order valence-electron chi connectivity index (χ2n) is 5.53. The summed E-state index contributed by atoms with van der Waals surface area (Å²) in [6.45, 7) is 6.78. The van der Waals surface area contributed by atoms with E-state index in [0.29, 0.717) is 0 Å². The Morgan fingerprint density at radius 2 is 1.81 bits per heavy atom. The van der Waals surface area contributed by atoms with E-state index in [9.17, 15) is 0 Å². The number of hydrogen-bond donors (Lipinski definition) is 0. The van der Waals surface area contributed by atoms with Crippen LogP contribution >= 0.6 is 0 Å². The highest BCUT2D eigenvalue weighted by molar-refractivity contribution is 5.77. The van der Waals surface area contributed by atoms with Crippen LogP contribution in [0.2, 0.25) is 0 Å². The fourth-order valence-electron chi connectivity index (χ4n) is 2.13. The molecule has 0 aliphatic rings. The van der Waals surface area contributed by atoms with Crippen molar-refractivity contribution in [3.8, 4) is 0 Å². The third kappa shape index (κ3) is 7.65. The Hall–Kier alpha value is -1.63. The summed E-state index contributed by atoms with van der Waals surface area (Å²) in [6, 6.07) is 12.1. The van der Waals surface area contributed by atoms with E-state index < -0.39 is 0 Å². The summed E-state index contributed by atoms with van der Waals surface area (Å²) in [4.78, 5) is 4.18. The third-order valence-electron chi connectivity index (χ3n) is 3.45. The molecule has 1 heteroatoms. The zero-order valence-corrected chi connectivity index (χ0v) is 13.8. The van der Waals surface area contributed by atoms with Gasteiger partial charge in [-0.15, -0.1) is 0 Å². The molecule has 114 valence electrons. The van der Waals surface area contributed by atoms with Crippen molar-refractivity contribution in [2.45, 2.75) is 52.9 Å². The van der Waals surface area contributed by atoms with E-state index in [1.54, 1.807) is 0 Å². The highest BCUT2D eigenvalue weighted by Crippen LogP contribution is 2.09. The number of allylic oxidation sites excluding steroid dienone is 2. The minimum absolute atomic E-state index is 0.793. The second-order valence-corrected chi connectivity index (χ2v) is 5.53. The van der Waals surface area contributed by atoms with Gasteiger partial charge in [0.15, 0.2) is 0 Å². The first kappa shape index (κ1) is 17.4. The van der Waals surface area contributed by atoms with E-state index >= 15 is 0 Å². The highest BCUT2D eigenvalue weighted by atomic mass is 14.6. The number of benzene rings is 1. The first-order valence-corrected chi connectivity index (χ1v) is 8.24. The Kier molecular flexibility index (Phi) is 9.19. The molecular weight excluding hydrogens is 254 g/mol. The van der Waals surface area contributed by atoms with Crippen molar-refractivity contribution in [1.29, 1.82) is 0 Å². The molecule has 1 aromatic heterocycles. The van der Waals surface area contributed by atoms with Crippen molar-refractivity contribution in [3.05, 3.63) is 54.7 Å². The van der Waals surface area contributed by atoms with E-state index in [-0.39, 0.29) is 0 Å². The van der Waals surface area contributed by atoms with Crippen LogP contribution < -0.4 is 0 Å². The van der Waals surface area contributed by atoms with Crippen LogP contribution in [0.3, 0.4) is 0 Å². The summed E-state index contributed by atoms with van der Waals surface area (Å²) < 4.78 is 0. The van der Waals surface area contributed by atoms with Crippen molar-refractivity contribution >= 4 is 10.9 Å². The number of para-hydroxylation sites is 1. The number of unbranched alkanes of at least 4 members (excludes halogenated alkanes) is 2. The van der Waals surface area contributed by atoms with Crippen molar-refractivity contribution < 1.29 is 0 Å². The average molecular weight is 283 g/mol. The van der Waals surface area contributed by atoms with Crippen molar-refractivity contribution in [3.63, 3.8) is 0 Å². The summed E-state index contributed by atoms with van der Waals surface area (Å²) in [7, 11) is 0. The molecule has 0 aliphatic carbocycles. The van der Waals surface area contributed by atoms with Gasteiger partial charge in [0.2, 0.25) is 0 Å². The number of aromatic nitrogens is 1. The van der Waals surface area contributed by atoms with Crippen LogP contribution in [0, 0.1) is 5.92 Å². The third-order valence-corrected chi connectivity index (χ3v) is 3.45. The molecule has 0 radical (unpaired) electrons. The van der Waals surface area contributed by atoms with Crippen LogP contribution in [-0.2, 0) is 0 Å². The fraction of sp³-hybridized carbons (Fsp3) is 0.450. The van der Waals surface area contributed by atoms with Gasteiger partial charge < -0.3 is 0 Å². The van der Waals surface area contributed by atoms with Gasteiger partial charge in [0.1, 0.15) is 0 Å². The first-order valence-electron chi connectivity index (χ1n) is 8.24. The zero-order valence-electron chi connectivity index (χ0n) is 13.8. The smallest absolute Gasteiger partial charge is 0.0701 e. The summed E-state index contributed by atoms with van der Waals surface area (Å²) in [6.07, 6.45) is 13.1. The number of rotatable bonds is 6. The standard InChI is InChI=1S/C11H22.C9H7N/c1-4-6-8-10-11(3)9-7-5-2;1-2-6-9-8(4-1)5-3-7-10-9/h8,10-11H,4-7,9H2,1-3H3;1-7H/b10-8+;. The van der Waals surface area contributed by atoms with E-state index in [1.165, 1.54) is 37.5 Å². The lowest BCUT2D eigenvalue weighted by atomic mass is 10.0. The molecule has 0 aliphatic heterocycles. The molecule has 1 nitrogen and oxygen atoms in total. The zero-order chi connectivity index (χ0) is 15.3. The molecule has 0 saturated heterocycles. The molecule has 2 aromatic rings. The lowest BCUT2D eigenvalue weighted by Gasteiger charge is -2.03. The lowest BCUT2D eigenvalue weighted by Crippen LogP contribution is -1.88. The lowest BCUT2D eigenvalue weighted by molar-refractivity contribution is 0.596. The molecule has 0 N–H and O–H groups in total. The van der Waals surface area contributed by atoms with Gasteiger partial charge >= 0.3 is 0 Å². The highest BCUT2D eigenvalue weighted by Gasteiger charge is 1.93. The minimum Gasteiger partial charge on any atom is -0.256 e. The molecule has 0 fully saturated rings. The van der Waals surface area contributed by atoms with Crippen molar-refractivity contribution in [2.75, 3.05) is 0 Å². The molecule has 1 heterocycles. The van der Waals surface area contributed by atoms with Gasteiger partial charge in [0.25, 0.3) is 0 Å². The first-order chi connectivity index (χ1) is 10.3. The number of nitrogens with zero attached hydrogens (tertiary/aromatic N) is 1. The SMILES string of the molecule is CCC/C=C/C(C)CCCC.c1ccc2ncccc2c1. The van der Waals surface area contributed by atoms with Crippen molar-refractivity contribution in [2.24, 2.45) is 5.92 Å². The number of fused-ring (bicyclic) bond motifs is 1. The maximum absolute atomic E-state index is 4.18. The average Bonchev–Trinajstić information content (AvgIpc) is 2.54. The maximum atomic E-state index is 4.18. The van der Waals surface area contributed by atoms with Gasteiger partial charge in [0, 0.05) is 11.6 Å². The minimum atomic E-state index is 0.793. The second kappa shape index (κ2) is 11.1. The molecule has 0 saturated carbocycles. The Labute approximate surface area is 130 Å². The van der Waals surface area contributed by atoms with Gasteiger partial charge in [-0.05, 0) is 30.9 Å². The van der Waals surface area contributed by atoms with Gasteiger partial charge in [-0.1, -0.05) is 76.5 Å². The van der Waals surface area contributed by atoms with Crippen LogP contribution in [-0.4, -0.2) is 4.98 Å². The number of pyridine rings is 1. The van der Waals surface area contributed by atoms with E-state index in [1.807, 2.05) is 30.5 Å². The predicted octanol–water partition coefficient (Wildman–Crippen LogP) is 6.40. The molecule has 2 rings (SSSR count). The molecule has 21 heavy (non-hydrogen) atoms. The summed E-state index contributed by atoms with van der Waals surface area (Å²) in [5.41, 5.74) is 1.06. The summed E-state index contributed by atoms with van der Waals surface area (Å²) >= 11 is 0. The van der Waals surface area contributed by atoms with Crippen LogP contribution in [0.4, 0.5) is 0 Å². The van der Waals surface area contributed by atoms with E-state index in [4.69, 9.17) is 0 Å². The predicted molar refractivity (Wildman–Crippen MR) is 94.5 cm³/mol. The largest absolute Gasteiger partial charge is 0.256 e. The number of hydrogen-bond acceptors (Lipinski definition) is 1.